The van der Waals surface area contributed by atoms with Crippen molar-refractivity contribution in [2.75, 3.05) is 0 Å². The Balaban J connectivity index is 1.74. The number of nitrogens with one attached hydrogen (secondary N) is 2. The van der Waals surface area contributed by atoms with E-state index in [2.05, 4.69) is 20.2 Å². The van der Waals surface area contributed by atoms with Crippen molar-refractivity contribution in [2.45, 2.75) is 46.7 Å². The standard InChI is InChI=1S/C25H27N5O2/c1-15(2)30(25(32)20-10-11-26-23-22(20)17(4)28-29-23)14-21-19(12-16(3)27-24(21)31)13-18-8-6-5-7-9-18/h5-12,15H,13-14H2,1-4H3,(H,27,31)(H,26,28,29). The summed E-state index contributed by atoms with van der Waals surface area (Å²) in [6.45, 7) is 7.88. The van der Waals surface area contributed by atoms with Crippen LogP contribution in [0.2, 0.25) is 0 Å². The first-order valence-corrected chi connectivity index (χ1v) is 10.7. The van der Waals surface area contributed by atoms with Gasteiger partial charge in [0.2, 0.25) is 0 Å². The van der Waals surface area contributed by atoms with Gasteiger partial charge in [-0.25, -0.2) is 4.98 Å². The first kappa shape index (κ1) is 21.5. The highest BCUT2D eigenvalue weighted by molar-refractivity contribution is 6.06. The molecule has 0 atom stereocenters. The molecule has 7 nitrogen and oxygen atoms in total. The average Bonchev–Trinajstić information content (AvgIpc) is 3.14. The SMILES string of the molecule is Cc1cc(Cc2ccccc2)c(CN(C(=O)c2ccnc3n[nH]c(C)c23)C(C)C)c(=O)[nH]1. The third-order valence-electron chi connectivity index (χ3n) is 5.68. The van der Waals surface area contributed by atoms with Crippen LogP contribution in [0.5, 0.6) is 0 Å². The average molecular weight is 430 g/mol. The summed E-state index contributed by atoms with van der Waals surface area (Å²) in [5.74, 6) is -0.150. The Morgan fingerprint density at radius 2 is 1.88 bits per heavy atom. The number of rotatable bonds is 6. The molecule has 0 aliphatic rings. The summed E-state index contributed by atoms with van der Waals surface area (Å²) in [6.07, 6.45) is 2.22. The maximum Gasteiger partial charge on any atom is 0.255 e. The van der Waals surface area contributed by atoms with Gasteiger partial charge >= 0.3 is 0 Å². The van der Waals surface area contributed by atoms with Gasteiger partial charge in [-0.2, -0.15) is 5.10 Å². The van der Waals surface area contributed by atoms with Gasteiger partial charge in [0.25, 0.3) is 11.5 Å². The van der Waals surface area contributed by atoms with Crippen molar-refractivity contribution in [3.05, 3.63) is 92.7 Å². The predicted octanol–water partition coefficient (Wildman–Crippen LogP) is 3.90. The van der Waals surface area contributed by atoms with Gasteiger partial charge in [0, 0.05) is 29.2 Å². The number of aromatic amines is 2. The fourth-order valence-electron chi connectivity index (χ4n) is 4.02. The van der Waals surface area contributed by atoms with Gasteiger partial charge in [-0.1, -0.05) is 30.3 Å². The van der Waals surface area contributed by atoms with E-state index < -0.39 is 0 Å². The second-order valence-electron chi connectivity index (χ2n) is 8.38. The second-order valence-corrected chi connectivity index (χ2v) is 8.38. The summed E-state index contributed by atoms with van der Waals surface area (Å²) in [7, 11) is 0. The zero-order valence-corrected chi connectivity index (χ0v) is 18.8. The normalized spacial score (nSPS) is 11.3. The number of H-pyrrole nitrogens is 2. The van der Waals surface area contributed by atoms with Crippen molar-refractivity contribution in [3.8, 4) is 0 Å². The van der Waals surface area contributed by atoms with Crippen LogP contribution in [0, 0.1) is 13.8 Å². The largest absolute Gasteiger partial charge is 0.332 e. The highest BCUT2D eigenvalue weighted by Crippen LogP contribution is 2.23. The predicted molar refractivity (Wildman–Crippen MR) is 125 cm³/mol. The first-order chi connectivity index (χ1) is 15.3. The molecule has 4 rings (SSSR count). The molecule has 4 aromatic rings. The lowest BCUT2D eigenvalue weighted by Crippen LogP contribution is -2.38. The smallest absolute Gasteiger partial charge is 0.255 e. The molecule has 3 aromatic heterocycles. The second kappa shape index (κ2) is 8.78. The number of amides is 1. The Labute approximate surface area is 186 Å². The van der Waals surface area contributed by atoms with Crippen LogP contribution < -0.4 is 5.56 Å². The number of hydrogen-bond donors (Lipinski definition) is 2. The zero-order valence-electron chi connectivity index (χ0n) is 18.8. The van der Waals surface area contributed by atoms with Crippen molar-refractivity contribution < 1.29 is 4.79 Å². The van der Waals surface area contributed by atoms with Crippen molar-refractivity contribution >= 4 is 16.9 Å². The molecule has 0 saturated heterocycles. The molecule has 1 amide bonds. The Hall–Kier alpha value is -3.74. The van der Waals surface area contributed by atoms with Gasteiger partial charge in [-0.15, -0.1) is 0 Å². The summed E-state index contributed by atoms with van der Waals surface area (Å²) in [5, 5.41) is 7.79. The number of aromatic nitrogens is 4. The molecule has 0 radical (unpaired) electrons. The van der Waals surface area contributed by atoms with Crippen molar-refractivity contribution in [3.63, 3.8) is 0 Å². The fourth-order valence-corrected chi connectivity index (χ4v) is 4.02. The number of hydrogen-bond acceptors (Lipinski definition) is 4. The van der Waals surface area contributed by atoms with Crippen LogP contribution in [-0.4, -0.2) is 37.0 Å². The number of nitrogens with zero attached hydrogens (tertiary/aromatic N) is 3. The van der Waals surface area contributed by atoms with Crippen molar-refractivity contribution in [2.24, 2.45) is 0 Å². The molecule has 1 aromatic carbocycles. The summed E-state index contributed by atoms with van der Waals surface area (Å²) in [5.41, 5.74) is 5.12. The lowest BCUT2D eigenvalue weighted by molar-refractivity contribution is 0.0691. The number of pyridine rings is 2. The van der Waals surface area contributed by atoms with Crippen LogP contribution in [0.25, 0.3) is 11.0 Å². The van der Waals surface area contributed by atoms with E-state index in [4.69, 9.17) is 0 Å². The monoisotopic (exact) mass is 429 g/mol. The Morgan fingerprint density at radius 1 is 1.12 bits per heavy atom. The molecule has 0 fully saturated rings. The minimum Gasteiger partial charge on any atom is -0.332 e. The zero-order chi connectivity index (χ0) is 22.8. The number of carbonyl (C=O) groups is 1. The van der Waals surface area contributed by atoms with E-state index in [9.17, 15) is 9.59 Å². The molecule has 0 unspecified atom stereocenters. The molecular weight excluding hydrogens is 402 g/mol. The van der Waals surface area contributed by atoms with Crippen LogP contribution in [0.3, 0.4) is 0 Å². The molecule has 0 spiro atoms. The number of benzene rings is 1. The molecule has 7 heteroatoms. The highest BCUT2D eigenvalue weighted by atomic mass is 16.2. The minimum absolute atomic E-state index is 0.108. The molecule has 2 N–H and O–H groups in total. The van der Waals surface area contributed by atoms with E-state index in [1.165, 1.54) is 0 Å². The van der Waals surface area contributed by atoms with Gasteiger partial charge in [-0.05, 0) is 57.4 Å². The lowest BCUT2D eigenvalue weighted by atomic mass is 9.99. The lowest BCUT2D eigenvalue weighted by Gasteiger charge is -2.28. The van der Waals surface area contributed by atoms with Crippen LogP contribution >= 0.6 is 0 Å². The van der Waals surface area contributed by atoms with Crippen LogP contribution in [0.4, 0.5) is 0 Å². The van der Waals surface area contributed by atoms with Gasteiger partial charge in [0.15, 0.2) is 5.65 Å². The summed E-state index contributed by atoms with van der Waals surface area (Å²) < 4.78 is 0. The molecule has 0 aliphatic carbocycles. The van der Waals surface area contributed by atoms with E-state index in [1.54, 1.807) is 17.2 Å². The number of fused-ring (bicyclic) bond motifs is 1. The minimum atomic E-state index is -0.159. The molecule has 164 valence electrons. The Morgan fingerprint density at radius 3 is 2.59 bits per heavy atom. The first-order valence-electron chi connectivity index (χ1n) is 10.7. The number of aryl methyl sites for hydroxylation is 2. The quantitative estimate of drug-likeness (QED) is 0.486. The van der Waals surface area contributed by atoms with Crippen LogP contribution in [-0.2, 0) is 13.0 Å². The van der Waals surface area contributed by atoms with Crippen molar-refractivity contribution in [1.29, 1.82) is 0 Å². The van der Waals surface area contributed by atoms with Crippen LogP contribution in [0.1, 0.15) is 52.3 Å². The van der Waals surface area contributed by atoms with Gasteiger partial charge in [0.1, 0.15) is 0 Å². The maximum atomic E-state index is 13.6. The van der Waals surface area contributed by atoms with Gasteiger partial charge < -0.3 is 9.88 Å². The molecule has 0 saturated carbocycles. The van der Waals surface area contributed by atoms with E-state index in [0.717, 1.165) is 22.5 Å². The summed E-state index contributed by atoms with van der Waals surface area (Å²) in [4.78, 5) is 35.5. The third kappa shape index (κ3) is 4.19. The molecule has 32 heavy (non-hydrogen) atoms. The molecular formula is C25H27N5O2. The Bertz CT molecular complexity index is 1320. The topological polar surface area (TPSA) is 94.7 Å². The van der Waals surface area contributed by atoms with Gasteiger partial charge in [0.05, 0.1) is 17.5 Å². The molecule has 0 bridgehead atoms. The third-order valence-corrected chi connectivity index (χ3v) is 5.68. The van der Waals surface area contributed by atoms with Crippen molar-refractivity contribution in [1.82, 2.24) is 25.1 Å². The highest BCUT2D eigenvalue weighted by Gasteiger charge is 2.25. The number of carbonyl (C=O) groups excluding carboxylic acids is 1. The summed E-state index contributed by atoms with van der Waals surface area (Å²) >= 11 is 0. The van der Waals surface area contributed by atoms with Crippen LogP contribution in [0.15, 0.2) is 53.5 Å². The Kier molecular flexibility index (Phi) is 5.90. The van der Waals surface area contributed by atoms with E-state index in [-0.39, 0.29) is 24.1 Å². The van der Waals surface area contributed by atoms with E-state index >= 15 is 0 Å². The summed E-state index contributed by atoms with van der Waals surface area (Å²) in [6, 6.07) is 13.6. The molecule has 0 aliphatic heterocycles. The van der Waals surface area contributed by atoms with Gasteiger partial charge in [-0.3, -0.25) is 14.7 Å². The van der Waals surface area contributed by atoms with E-state index in [0.29, 0.717) is 28.6 Å². The fraction of sp³-hybridized carbons (Fsp3) is 0.280. The molecule has 3 heterocycles. The maximum absolute atomic E-state index is 13.6. The van der Waals surface area contributed by atoms with E-state index in [1.807, 2.05) is 64.1 Å².